The van der Waals surface area contributed by atoms with Gasteiger partial charge < -0.3 is 10.6 Å². The SMILES string of the molecule is CCC1CN(c2cccnc2C(=N)N)CCN1C. The molecule has 0 aliphatic carbocycles. The first-order chi connectivity index (χ1) is 8.63. The van der Waals surface area contributed by atoms with Crippen LogP contribution in [-0.4, -0.2) is 48.4 Å². The molecule has 98 valence electrons. The zero-order valence-electron chi connectivity index (χ0n) is 11.1. The van der Waals surface area contributed by atoms with Crippen LogP contribution in [0.5, 0.6) is 0 Å². The van der Waals surface area contributed by atoms with Crippen molar-refractivity contribution in [1.82, 2.24) is 9.88 Å². The van der Waals surface area contributed by atoms with E-state index in [-0.39, 0.29) is 5.84 Å². The van der Waals surface area contributed by atoms with E-state index in [9.17, 15) is 0 Å². The molecule has 0 aromatic carbocycles. The van der Waals surface area contributed by atoms with Crippen molar-refractivity contribution in [3.05, 3.63) is 24.0 Å². The number of amidine groups is 1. The van der Waals surface area contributed by atoms with E-state index in [1.807, 2.05) is 12.1 Å². The largest absolute Gasteiger partial charge is 0.382 e. The third-order valence-electron chi connectivity index (χ3n) is 3.63. The number of pyridine rings is 1. The van der Waals surface area contributed by atoms with Gasteiger partial charge in [0.15, 0.2) is 0 Å². The number of likely N-dealkylation sites (N-methyl/N-ethyl adjacent to an activating group) is 1. The van der Waals surface area contributed by atoms with E-state index in [4.69, 9.17) is 11.1 Å². The Hall–Kier alpha value is -1.62. The lowest BCUT2D eigenvalue weighted by molar-refractivity contribution is 0.213. The monoisotopic (exact) mass is 247 g/mol. The highest BCUT2D eigenvalue weighted by Gasteiger charge is 2.24. The summed E-state index contributed by atoms with van der Waals surface area (Å²) in [5.74, 6) is 0.0394. The van der Waals surface area contributed by atoms with Crippen LogP contribution in [0.25, 0.3) is 0 Å². The van der Waals surface area contributed by atoms with Crippen molar-refractivity contribution >= 4 is 11.5 Å². The Morgan fingerprint density at radius 1 is 1.56 bits per heavy atom. The molecule has 0 radical (unpaired) electrons. The third kappa shape index (κ3) is 2.46. The van der Waals surface area contributed by atoms with Crippen LogP contribution in [0.3, 0.4) is 0 Å². The molecule has 0 spiro atoms. The second-order valence-electron chi connectivity index (χ2n) is 4.77. The maximum absolute atomic E-state index is 7.61. The van der Waals surface area contributed by atoms with Crippen LogP contribution in [-0.2, 0) is 0 Å². The molecule has 1 unspecified atom stereocenters. The van der Waals surface area contributed by atoms with Crippen molar-refractivity contribution < 1.29 is 0 Å². The van der Waals surface area contributed by atoms with Gasteiger partial charge >= 0.3 is 0 Å². The number of anilines is 1. The van der Waals surface area contributed by atoms with Gasteiger partial charge in [0.25, 0.3) is 0 Å². The summed E-state index contributed by atoms with van der Waals surface area (Å²) < 4.78 is 0. The number of nitrogens with two attached hydrogens (primary N) is 1. The predicted molar refractivity (Wildman–Crippen MR) is 74.2 cm³/mol. The topological polar surface area (TPSA) is 69.2 Å². The first kappa shape index (κ1) is 12.8. The number of aromatic nitrogens is 1. The average molecular weight is 247 g/mol. The molecular weight excluding hydrogens is 226 g/mol. The number of piperazine rings is 1. The van der Waals surface area contributed by atoms with Gasteiger partial charge in [0.05, 0.1) is 5.69 Å². The second-order valence-corrected chi connectivity index (χ2v) is 4.77. The van der Waals surface area contributed by atoms with Gasteiger partial charge in [-0.2, -0.15) is 0 Å². The van der Waals surface area contributed by atoms with Crippen LogP contribution in [0.4, 0.5) is 5.69 Å². The summed E-state index contributed by atoms with van der Waals surface area (Å²) in [5, 5.41) is 7.61. The maximum Gasteiger partial charge on any atom is 0.143 e. The molecule has 1 aliphatic rings. The summed E-state index contributed by atoms with van der Waals surface area (Å²) in [7, 11) is 2.17. The molecule has 1 atom stereocenters. The quantitative estimate of drug-likeness (QED) is 0.615. The summed E-state index contributed by atoms with van der Waals surface area (Å²) in [6.45, 7) is 5.17. The molecule has 1 aromatic rings. The van der Waals surface area contributed by atoms with Crippen molar-refractivity contribution in [3.63, 3.8) is 0 Å². The fraction of sp³-hybridized carbons (Fsp3) is 0.538. The van der Waals surface area contributed by atoms with E-state index < -0.39 is 0 Å². The fourth-order valence-electron chi connectivity index (χ4n) is 2.47. The molecule has 5 heteroatoms. The minimum atomic E-state index is 0.0394. The highest BCUT2D eigenvalue weighted by Crippen LogP contribution is 2.22. The molecule has 3 N–H and O–H groups in total. The fourth-order valence-corrected chi connectivity index (χ4v) is 2.47. The van der Waals surface area contributed by atoms with E-state index in [2.05, 4.69) is 28.8 Å². The Balaban J connectivity index is 2.24. The molecule has 1 saturated heterocycles. The van der Waals surface area contributed by atoms with Crippen LogP contribution in [0.2, 0.25) is 0 Å². The normalized spacial score (nSPS) is 21.0. The second kappa shape index (κ2) is 5.35. The van der Waals surface area contributed by atoms with Crippen molar-refractivity contribution in [3.8, 4) is 0 Å². The van der Waals surface area contributed by atoms with Crippen molar-refractivity contribution in [2.24, 2.45) is 5.73 Å². The van der Waals surface area contributed by atoms with Crippen LogP contribution >= 0.6 is 0 Å². The summed E-state index contributed by atoms with van der Waals surface area (Å²) in [6.07, 6.45) is 2.82. The Kier molecular flexibility index (Phi) is 3.81. The Morgan fingerprint density at radius 3 is 3.00 bits per heavy atom. The first-order valence-electron chi connectivity index (χ1n) is 6.38. The number of rotatable bonds is 3. The van der Waals surface area contributed by atoms with E-state index in [1.165, 1.54) is 0 Å². The van der Waals surface area contributed by atoms with Gasteiger partial charge in [0, 0.05) is 31.9 Å². The zero-order chi connectivity index (χ0) is 13.1. The number of nitrogens with one attached hydrogen (secondary N) is 1. The zero-order valence-corrected chi connectivity index (χ0v) is 11.1. The highest BCUT2D eigenvalue weighted by molar-refractivity contribution is 5.98. The van der Waals surface area contributed by atoms with Crippen molar-refractivity contribution in [2.75, 3.05) is 31.6 Å². The summed E-state index contributed by atoms with van der Waals surface area (Å²) in [6, 6.07) is 4.46. The summed E-state index contributed by atoms with van der Waals surface area (Å²) in [5.41, 5.74) is 7.18. The number of hydrogen-bond acceptors (Lipinski definition) is 4. The predicted octanol–water partition coefficient (Wildman–Crippen LogP) is 0.896. The minimum Gasteiger partial charge on any atom is -0.382 e. The summed E-state index contributed by atoms with van der Waals surface area (Å²) in [4.78, 5) is 8.90. The minimum absolute atomic E-state index is 0.0394. The molecular formula is C13H21N5. The first-order valence-corrected chi connectivity index (χ1v) is 6.38. The lowest BCUT2D eigenvalue weighted by Gasteiger charge is -2.40. The number of nitrogen functional groups attached to an aromatic ring is 1. The summed E-state index contributed by atoms with van der Waals surface area (Å²) >= 11 is 0. The number of hydrogen-bond donors (Lipinski definition) is 2. The van der Waals surface area contributed by atoms with E-state index in [0.29, 0.717) is 11.7 Å². The van der Waals surface area contributed by atoms with Crippen molar-refractivity contribution in [2.45, 2.75) is 19.4 Å². The molecule has 18 heavy (non-hydrogen) atoms. The van der Waals surface area contributed by atoms with Gasteiger partial charge in [-0.3, -0.25) is 15.3 Å². The molecule has 1 aromatic heterocycles. The third-order valence-corrected chi connectivity index (χ3v) is 3.63. The Bertz CT molecular complexity index is 431. The van der Waals surface area contributed by atoms with Gasteiger partial charge in [-0.25, -0.2) is 0 Å². The van der Waals surface area contributed by atoms with Gasteiger partial charge in [0.2, 0.25) is 0 Å². The lowest BCUT2D eigenvalue weighted by atomic mass is 10.1. The molecule has 0 saturated carbocycles. The molecule has 0 amide bonds. The van der Waals surface area contributed by atoms with Crippen LogP contribution in [0.1, 0.15) is 19.0 Å². The van der Waals surface area contributed by atoms with Crippen LogP contribution in [0, 0.1) is 5.41 Å². The Morgan fingerprint density at radius 2 is 2.33 bits per heavy atom. The van der Waals surface area contributed by atoms with E-state index in [0.717, 1.165) is 31.7 Å². The number of nitrogens with zero attached hydrogens (tertiary/aromatic N) is 3. The van der Waals surface area contributed by atoms with Crippen LogP contribution < -0.4 is 10.6 Å². The lowest BCUT2D eigenvalue weighted by Crippen LogP contribution is -2.51. The Labute approximate surface area is 108 Å². The maximum atomic E-state index is 7.61. The molecule has 5 nitrogen and oxygen atoms in total. The van der Waals surface area contributed by atoms with Gasteiger partial charge in [-0.15, -0.1) is 0 Å². The molecule has 1 fully saturated rings. The van der Waals surface area contributed by atoms with Crippen molar-refractivity contribution in [1.29, 1.82) is 5.41 Å². The van der Waals surface area contributed by atoms with E-state index in [1.54, 1.807) is 6.20 Å². The van der Waals surface area contributed by atoms with Crippen LogP contribution in [0.15, 0.2) is 18.3 Å². The van der Waals surface area contributed by atoms with E-state index >= 15 is 0 Å². The molecule has 1 aliphatic heterocycles. The van der Waals surface area contributed by atoms with Gasteiger partial charge in [-0.1, -0.05) is 6.92 Å². The van der Waals surface area contributed by atoms with Gasteiger partial charge in [-0.05, 0) is 25.6 Å². The molecule has 2 heterocycles. The standard InChI is InChI=1S/C13H21N5/c1-3-10-9-18(8-7-17(10)2)11-5-4-6-16-12(11)13(14)15/h4-6,10H,3,7-9H2,1-2H3,(H3,14,15). The average Bonchev–Trinajstić information content (AvgIpc) is 2.39. The highest BCUT2D eigenvalue weighted by atomic mass is 15.3. The van der Waals surface area contributed by atoms with Gasteiger partial charge in [0.1, 0.15) is 11.5 Å². The molecule has 0 bridgehead atoms. The molecule has 2 rings (SSSR count). The smallest absolute Gasteiger partial charge is 0.143 e.